The molecule has 0 aromatic heterocycles. The summed E-state index contributed by atoms with van der Waals surface area (Å²) in [6.45, 7) is 2.94. The first-order valence-corrected chi connectivity index (χ1v) is 12.7. The summed E-state index contributed by atoms with van der Waals surface area (Å²) in [5.41, 5.74) is 2.04. The number of benzene rings is 3. The monoisotopic (exact) mass is 498 g/mol. The highest BCUT2D eigenvalue weighted by Gasteiger charge is 2.15. The van der Waals surface area contributed by atoms with Gasteiger partial charge in [0.1, 0.15) is 11.5 Å². The van der Waals surface area contributed by atoms with Gasteiger partial charge in [-0.1, -0.05) is 82.6 Å². The molecule has 0 bridgehead atoms. The molecule has 0 fully saturated rings. The van der Waals surface area contributed by atoms with Gasteiger partial charge in [-0.05, 0) is 41.8 Å². The average Bonchev–Trinajstić information content (AvgIpc) is 2.89. The fraction of sp³-hybridized carbons (Fsp3) is 0.367. The summed E-state index contributed by atoms with van der Waals surface area (Å²) in [5, 5.41) is 0. The van der Waals surface area contributed by atoms with E-state index in [4.69, 9.17) is 9.47 Å². The van der Waals surface area contributed by atoms with E-state index < -0.39 is 29.2 Å². The number of hydrogen-bond donors (Lipinski definition) is 0. The van der Waals surface area contributed by atoms with E-state index in [0.29, 0.717) is 18.7 Å². The first kappa shape index (κ1) is 27.3. The highest BCUT2D eigenvalue weighted by molar-refractivity contribution is 5.91. The molecule has 192 valence electrons. The van der Waals surface area contributed by atoms with E-state index in [9.17, 15) is 18.0 Å². The highest BCUT2D eigenvalue weighted by Crippen LogP contribution is 2.24. The lowest BCUT2D eigenvalue weighted by Gasteiger charge is -2.09. The van der Waals surface area contributed by atoms with E-state index in [2.05, 4.69) is 6.92 Å². The third-order valence-electron chi connectivity index (χ3n) is 5.99. The second-order valence-electron chi connectivity index (χ2n) is 8.87. The molecule has 36 heavy (non-hydrogen) atoms. The minimum Gasteiger partial charge on any atom is -0.494 e. The van der Waals surface area contributed by atoms with Crippen molar-refractivity contribution >= 4 is 5.97 Å². The van der Waals surface area contributed by atoms with Crippen molar-refractivity contribution in [3.8, 4) is 22.6 Å². The van der Waals surface area contributed by atoms with Crippen LogP contribution >= 0.6 is 0 Å². The largest absolute Gasteiger partial charge is 0.494 e. The maximum atomic E-state index is 13.3. The summed E-state index contributed by atoms with van der Waals surface area (Å²) in [7, 11) is 0. The summed E-state index contributed by atoms with van der Waals surface area (Å²) in [5.74, 6) is -4.84. The van der Waals surface area contributed by atoms with Crippen molar-refractivity contribution in [2.75, 3.05) is 6.61 Å². The van der Waals surface area contributed by atoms with Crippen LogP contribution in [0.4, 0.5) is 13.2 Å². The summed E-state index contributed by atoms with van der Waals surface area (Å²) >= 11 is 0. The maximum Gasteiger partial charge on any atom is 0.343 e. The van der Waals surface area contributed by atoms with E-state index in [0.717, 1.165) is 23.3 Å². The van der Waals surface area contributed by atoms with Crippen molar-refractivity contribution in [3.63, 3.8) is 0 Å². The topological polar surface area (TPSA) is 35.5 Å². The van der Waals surface area contributed by atoms with Gasteiger partial charge in [0.15, 0.2) is 17.5 Å². The Balaban J connectivity index is 1.42. The van der Waals surface area contributed by atoms with Crippen molar-refractivity contribution in [3.05, 3.63) is 83.7 Å². The van der Waals surface area contributed by atoms with E-state index in [1.54, 1.807) is 24.3 Å². The normalized spacial score (nSPS) is 10.9. The molecule has 3 aromatic carbocycles. The fourth-order valence-electron chi connectivity index (χ4n) is 3.90. The zero-order chi connectivity index (χ0) is 25.8. The third-order valence-corrected chi connectivity index (χ3v) is 5.99. The maximum absolute atomic E-state index is 13.3. The molecule has 0 aliphatic rings. The van der Waals surface area contributed by atoms with E-state index >= 15 is 0 Å². The zero-order valence-corrected chi connectivity index (χ0v) is 20.7. The van der Waals surface area contributed by atoms with Gasteiger partial charge in [-0.15, -0.1) is 0 Å². The summed E-state index contributed by atoms with van der Waals surface area (Å²) in [6, 6.07) is 15.6. The Morgan fingerprint density at radius 1 is 0.667 bits per heavy atom. The number of esters is 1. The molecular formula is C30H33F3O3. The molecule has 0 aliphatic heterocycles. The number of hydrogen-bond acceptors (Lipinski definition) is 3. The molecule has 0 N–H and O–H groups in total. The molecule has 0 unspecified atom stereocenters. The van der Waals surface area contributed by atoms with Crippen molar-refractivity contribution in [2.45, 2.75) is 64.7 Å². The van der Waals surface area contributed by atoms with Crippen LogP contribution in [0.15, 0.2) is 60.7 Å². The Morgan fingerprint density at radius 2 is 1.17 bits per heavy atom. The number of unbranched alkanes of at least 4 members (excludes halogenated alkanes) is 8. The molecular weight excluding hydrogens is 465 g/mol. The van der Waals surface area contributed by atoms with Crippen LogP contribution in [0.5, 0.6) is 11.5 Å². The summed E-state index contributed by atoms with van der Waals surface area (Å²) < 4.78 is 50.5. The number of carbonyl (C=O) groups excluding carboxylic acids is 1. The van der Waals surface area contributed by atoms with Crippen LogP contribution in [0.3, 0.4) is 0 Å². The van der Waals surface area contributed by atoms with Gasteiger partial charge in [0.2, 0.25) is 0 Å². The molecule has 3 aromatic rings. The first-order valence-electron chi connectivity index (χ1n) is 12.7. The Hall–Kier alpha value is -3.28. The molecule has 0 amide bonds. The standard InChI is InChI=1S/C30H33F3O3/c1-2-3-4-5-6-7-8-9-10-19-35-25-17-15-23(16-18-25)22-11-13-24(14-12-22)30(34)36-26-20-27(31)29(33)28(32)21-26/h11-18,20-21H,2-10,19H2,1H3. The van der Waals surface area contributed by atoms with Gasteiger partial charge in [-0.2, -0.15) is 0 Å². The van der Waals surface area contributed by atoms with Gasteiger partial charge < -0.3 is 9.47 Å². The Bertz CT molecular complexity index is 1070. The average molecular weight is 499 g/mol. The molecule has 0 spiro atoms. The lowest BCUT2D eigenvalue weighted by Crippen LogP contribution is -2.09. The molecule has 3 rings (SSSR count). The predicted octanol–water partition coefficient (Wildman–Crippen LogP) is 8.90. The lowest BCUT2D eigenvalue weighted by molar-refractivity contribution is 0.0733. The quantitative estimate of drug-likeness (QED) is 0.0963. The van der Waals surface area contributed by atoms with E-state index in [1.807, 2.05) is 24.3 Å². The second-order valence-corrected chi connectivity index (χ2v) is 8.87. The predicted molar refractivity (Wildman–Crippen MR) is 136 cm³/mol. The molecule has 3 nitrogen and oxygen atoms in total. The van der Waals surface area contributed by atoms with Gasteiger partial charge in [0.25, 0.3) is 0 Å². The number of halogens is 3. The molecule has 0 atom stereocenters. The van der Waals surface area contributed by atoms with Crippen LogP contribution in [0.1, 0.15) is 75.1 Å². The Morgan fingerprint density at radius 3 is 1.72 bits per heavy atom. The van der Waals surface area contributed by atoms with Gasteiger partial charge in [0, 0.05) is 12.1 Å². The summed E-state index contributed by atoms with van der Waals surface area (Å²) in [4.78, 5) is 12.3. The van der Waals surface area contributed by atoms with E-state index in [-0.39, 0.29) is 5.56 Å². The molecule has 6 heteroatoms. The molecule has 0 heterocycles. The first-order chi connectivity index (χ1) is 17.5. The second kappa shape index (κ2) is 14.3. The Kier molecular flexibility index (Phi) is 10.9. The minimum atomic E-state index is -1.61. The van der Waals surface area contributed by atoms with Crippen molar-refractivity contribution in [1.82, 2.24) is 0 Å². The molecule has 0 aliphatic carbocycles. The van der Waals surface area contributed by atoms with Crippen molar-refractivity contribution < 1.29 is 27.4 Å². The van der Waals surface area contributed by atoms with Crippen LogP contribution in [0.2, 0.25) is 0 Å². The lowest BCUT2D eigenvalue weighted by atomic mass is 10.0. The van der Waals surface area contributed by atoms with Crippen molar-refractivity contribution in [2.24, 2.45) is 0 Å². The van der Waals surface area contributed by atoms with Gasteiger partial charge in [0.05, 0.1) is 12.2 Å². The van der Waals surface area contributed by atoms with Crippen LogP contribution in [0.25, 0.3) is 11.1 Å². The third kappa shape index (κ3) is 8.43. The SMILES string of the molecule is CCCCCCCCCCCOc1ccc(-c2ccc(C(=O)Oc3cc(F)c(F)c(F)c3)cc2)cc1. The molecule has 0 saturated heterocycles. The van der Waals surface area contributed by atoms with Crippen LogP contribution in [-0.4, -0.2) is 12.6 Å². The number of rotatable bonds is 14. The van der Waals surface area contributed by atoms with Crippen LogP contribution in [0, 0.1) is 17.5 Å². The van der Waals surface area contributed by atoms with Gasteiger partial charge in [-0.25, -0.2) is 18.0 Å². The number of carbonyl (C=O) groups is 1. The summed E-state index contributed by atoms with van der Waals surface area (Å²) in [6.07, 6.45) is 11.5. The zero-order valence-electron chi connectivity index (χ0n) is 20.7. The Labute approximate surface area is 211 Å². The van der Waals surface area contributed by atoms with Crippen LogP contribution < -0.4 is 9.47 Å². The van der Waals surface area contributed by atoms with Crippen LogP contribution in [-0.2, 0) is 0 Å². The van der Waals surface area contributed by atoms with Crippen molar-refractivity contribution in [1.29, 1.82) is 0 Å². The highest BCUT2D eigenvalue weighted by atomic mass is 19.2. The molecule has 0 radical (unpaired) electrons. The van der Waals surface area contributed by atoms with Gasteiger partial charge >= 0.3 is 5.97 Å². The van der Waals surface area contributed by atoms with Gasteiger partial charge in [-0.3, -0.25) is 0 Å². The fourth-order valence-corrected chi connectivity index (χ4v) is 3.90. The number of ether oxygens (including phenoxy) is 2. The van der Waals surface area contributed by atoms with E-state index in [1.165, 1.54) is 51.4 Å². The minimum absolute atomic E-state index is 0.199. The molecule has 0 saturated carbocycles. The smallest absolute Gasteiger partial charge is 0.343 e.